The fraction of sp³-hybridized carbons (Fsp3) is 0.727. The van der Waals surface area contributed by atoms with Crippen LogP contribution in [0, 0.1) is 23.7 Å². The molecule has 1 rings (SSSR count). The number of benzene rings is 1. The number of rotatable bonds is 8. The molecule has 0 amide bonds. The molecule has 0 spiro atoms. The molecular weight excluding hydrogens is 264 g/mol. The second-order valence-corrected chi connectivity index (χ2v) is 8.73. The molecule has 0 bridgehead atoms. The van der Waals surface area contributed by atoms with Gasteiger partial charge in [0, 0.05) is 0 Å². The smallest absolute Gasteiger partial charge is 0.0250 e. The maximum Gasteiger partial charge on any atom is -0.0250 e. The Morgan fingerprint density at radius 1 is 0.500 bits per heavy atom. The minimum atomic E-state index is 0.728. The number of hydrogen-bond donors (Lipinski definition) is 0. The largest absolute Gasteiger partial charge is 0.0625 e. The minimum Gasteiger partial charge on any atom is -0.0625 e. The fourth-order valence-corrected chi connectivity index (χ4v) is 3.38. The Labute approximate surface area is 139 Å². The Balaban J connectivity index is 3.36. The Kier molecular flexibility index (Phi) is 7.66. The van der Waals surface area contributed by atoms with E-state index in [9.17, 15) is 0 Å². The van der Waals surface area contributed by atoms with Gasteiger partial charge in [-0.1, -0.05) is 67.5 Å². The SMILES string of the molecule is CC(C)Cc1ccc(CC(C)C)c(CC(C)C)c1CC(C)C. The molecule has 0 aliphatic rings. The third kappa shape index (κ3) is 6.15. The van der Waals surface area contributed by atoms with Crippen molar-refractivity contribution in [2.24, 2.45) is 23.7 Å². The van der Waals surface area contributed by atoms with Crippen LogP contribution >= 0.6 is 0 Å². The summed E-state index contributed by atoms with van der Waals surface area (Å²) in [7, 11) is 0. The summed E-state index contributed by atoms with van der Waals surface area (Å²) in [6.45, 7) is 18.8. The molecule has 0 atom stereocenters. The van der Waals surface area contributed by atoms with Gasteiger partial charge in [-0.15, -0.1) is 0 Å². The van der Waals surface area contributed by atoms with E-state index >= 15 is 0 Å². The van der Waals surface area contributed by atoms with E-state index in [-0.39, 0.29) is 0 Å². The van der Waals surface area contributed by atoms with E-state index in [0.717, 1.165) is 23.7 Å². The van der Waals surface area contributed by atoms with Gasteiger partial charge in [0.2, 0.25) is 0 Å². The summed E-state index contributed by atoms with van der Waals surface area (Å²) >= 11 is 0. The Morgan fingerprint density at radius 2 is 0.773 bits per heavy atom. The van der Waals surface area contributed by atoms with E-state index in [1.54, 1.807) is 22.3 Å². The van der Waals surface area contributed by atoms with E-state index in [2.05, 4.69) is 67.5 Å². The summed E-state index contributed by atoms with van der Waals surface area (Å²) < 4.78 is 0. The maximum atomic E-state index is 2.43. The second kappa shape index (κ2) is 8.75. The highest BCUT2D eigenvalue weighted by atomic mass is 14.2. The van der Waals surface area contributed by atoms with Crippen molar-refractivity contribution in [2.75, 3.05) is 0 Å². The second-order valence-electron chi connectivity index (χ2n) is 8.73. The molecule has 0 aromatic heterocycles. The number of hydrogen-bond acceptors (Lipinski definition) is 0. The van der Waals surface area contributed by atoms with Crippen molar-refractivity contribution in [3.8, 4) is 0 Å². The predicted octanol–water partition coefficient (Wildman–Crippen LogP) is 6.48. The van der Waals surface area contributed by atoms with Crippen LogP contribution in [0.5, 0.6) is 0 Å². The molecule has 0 unspecified atom stereocenters. The first-order chi connectivity index (χ1) is 10.2. The summed E-state index contributed by atoms with van der Waals surface area (Å²) in [5.41, 5.74) is 6.56. The highest BCUT2D eigenvalue weighted by Crippen LogP contribution is 2.28. The quantitative estimate of drug-likeness (QED) is 0.515. The van der Waals surface area contributed by atoms with Gasteiger partial charge in [0.25, 0.3) is 0 Å². The van der Waals surface area contributed by atoms with E-state index in [0.29, 0.717) is 0 Å². The molecule has 0 aliphatic carbocycles. The third-order valence-corrected chi connectivity index (χ3v) is 4.11. The lowest BCUT2D eigenvalue weighted by molar-refractivity contribution is 0.584. The van der Waals surface area contributed by atoms with Gasteiger partial charge in [0.15, 0.2) is 0 Å². The first-order valence-electron chi connectivity index (χ1n) is 9.33. The van der Waals surface area contributed by atoms with E-state index < -0.39 is 0 Å². The molecule has 0 saturated carbocycles. The van der Waals surface area contributed by atoms with Gasteiger partial charge in [-0.05, 0) is 71.6 Å². The molecule has 126 valence electrons. The molecule has 0 heteroatoms. The van der Waals surface area contributed by atoms with Gasteiger partial charge in [-0.25, -0.2) is 0 Å². The van der Waals surface area contributed by atoms with E-state index in [1.807, 2.05) is 0 Å². The van der Waals surface area contributed by atoms with Gasteiger partial charge in [-0.2, -0.15) is 0 Å². The van der Waals surface area contributed by atoms with Crippen LogP contribution in [0.4, 0.5) is 0 Å². The standard InChI is InChI=1S/C22H38/c1-15(2)11-19-9-10-20(12-16(3)4)22(14-18(7)8)21(19)13-17(5)6/h9-10,15-18H,11-14H2,1-8H3. The summed E-state index contributed by atoms with van der Waals surface area (Å²) in [4.78, 5) is 0. The topological polar surface area (TPSA) is 0 Å². The summed E-state index contributed by atoms with van der Waals surface area (Å²) in [5, 5.41) is 0. The van der Waals surface area contributed by atoms with Crippen LogP contribution in [-0.4, -0.2) is 0 Å². The summed E-state index contributed by atoms with van der Waals surface area (Å²) in [6.07, 6.45) is 4.90. The van der Waals surface area contributed by atoms with Crippen LogP contribution in [0.2, 0.25) is 0 Å². The van der Waals surface area contributed by atoms with Crippen molar-refractivity contribution >= 4 is 0 Å². The van der Waals surface area contributed by atoms with Crippen LogP contribution in [0.3, 0.4) is 0 Å². The maximum absolute atomic E-state index is 2.43. The third-order valence-electron chi connectivity index (χ3n) is 4.11. The molecule has 0 fully saturated rings. The van der Waals surface area contributed by atoms with Crippen LogP contribution < -0.4 is 0 Å². The molecule has 0 saturated heterocycles. The Bertz CT molecular complexity index is 406. The predicted molar refractivity (Wildman–Crippen MR) is 101 cm³/mol. The van der Waals surface area contributed by atoms with Crippen LogP contribution in [-0.2, 0) is 25.7 Å². The zero-order valence-electron chi connectivity index (χ0n) is 16.3. The Morgan fingerprint density at radius 3 is 1.00 bits per heavy atom. The first-order valence-corrected chi connectivity index (χ1v) is 9.33. The molecule has 0 nitrogen and oxygen atoms in total. The summed E-state index contributed by atoms with van der Waals surface area (Å²) in [5.74, 6) is 2.92. The minimum absolute atomic E-state index is 0.728. The van der Waals surface area contributed by atoms with Crippen molar-refractivity contribution in [1.29, 1.82) is 0 Å². The normalized spacial score (nSPS) is 12.2. The molecule has 1 aromatic rings. The molecular formula is C22H38. The average molecular weight is 303 g/mol. The lowest BCUT2D eigenvalue weighted by atomic mass is 9.82. The van der Waals surface area contributed by atoms with Gasteiger partial charge in [0.1, 0.15) is 0 Å². The lowest BCUT2D eigenvalue weighted by Gasteiger charge is -2.23. The molecule has 0 N–H and O–H groups in total. The monoisotopic (exact) mass is 302 g/mol. The molecule has 0 aliphatic heterocycles. The van der Waals surface area contributed by atoms with Gasteiger partial charge >= 0.3 is 0 Å². The van der Waals surface area contributed by atoms with E-state index in [4.69, 9.17) is 0 Å². The summed E-state index contributed by atoms with van der Waals surface area (Å²) in [6, 6.07) is 4.86. The van der Waals surface area contributed by atoms with Crippen molar-refractivity contribution in [1.82, 2.24) is 0 Å². The van der Waals surface area contributed by atoms with Crippen molar-refractivity contribution in [3.05, 3.63) is 34.4 Å². The highest BCUT2D eigenvalue weighted by Gasteiger charge is 2.17. The van der Waals surface area contributed by atoms with Crippen molar-refractivity contribution < 1.29 is 0 Å². The Hall–Kier alpha value is -0.780. The average Bonchev–Trinajstić information content (AvgIpc) is 2.34. The zero-order valence-corrected chi connectivity index (χ0v) is 16.3. The zero-order chi connectivity index (χ0) is 16.9. The molecule has 0 radical (unpaired) electrons. The fourth-order valence-electron chi connectivity index (χ4n) is 3.38. The molecule has 1 aromatic carbocycles. The van der Waals surface area contributed by atoms with Gasteiger partial charge in [-0.3, -0.25) is 0 Å². The van der Waals surface area contributed by atoms with Crippen molar-refractivity contribution in [2.45, 2.75) is 81.1 Å². The first kappa shape index (κ1) is 19.3. The van der Waals surface area contributed by atoms with Gasteiger partial charge in [0.05, 0.1) is 0 Å². The van der Waals surface area contributed by atoms with Crippen LogP contribution in [0.15, 0.2) is 12.1 Å². The van der Waals surface area contributed by atoms with E-state index in [1.165, 1.54) is 25.7 Å². The lowest BCUT2D eigenvalue weighted by Crippen LogP contribution is -2.12. The van der Waals surface area contributed by atoms with Crippen LogP contribution in [0.25, 0.3) is 0 Å². The highest BCUT2D eigenvalue weighted by molar-refractivity contribution is 5.42. The van der Waals surface area contributed by atoms with Crippen molar-refractivity contribution in [3.63, 3.8) is 0 Å². The van der Waals surface area contributed by atoms with Crippen LogP contribution in [0.1, 0.15) is 77.6 Å². The molecule has 22 heavy (non-hydrogen) atoms. The van der Waals surface area contributed by atoms with Gasteiger partial charge < -0.3 is 0 Å². The molecule has 0 heterocycles.